The third-order valence-electron chi connectivity index (χ3n) is 3.37. The van der Waals surface area contributed by atoms with Gasteiger partial charge in [-0.3, -0.25) is 10.1 Å². The third kappa shape index (κ3) is 4.64. The number of methoxy groups -OCH3 is 1. The fourth-order valence-corrected chi connectivity index (χ4v) is 2.48. The number of halogens is 1. The van der Waals surface area contributed by atoms with Crippen molar-refractivity contribution >= 4 is 23.3 Å². The van der Waals surface area contributed by atoms with Gasteiger partial charge in [-0.05, 0) is 32.0 Å². The summed E-state index contributed by atoms with van der Waals surface area (Å²) in [5.41, 5.74) is 0.335. The first-order valence-electron chi connectivity index (χ1n) is 7.77. The number of carbonyl (C=O) groups excluding carboxylic acids is 1. The topological polar surface area (TPSA) is 87.9 Å². The molecule has 0 heterocycles. The molecule has 2 rings (SSSR count). The van der Waals surface area contributed by atoms with E-state index in [2.05, 4.69) is 0 Å². The van der Waals surface area contributed by atoms with Crippen LogP contribution >= 0.6 is 11.6 Å². The van der Waals surface area contributed by atoms with Crippen LogP contribution in [0.2, 0.25) is 5.02 Å². The summed E-state index contributed by atoms with van der Waals surface area (Å²) in [6, 6.07) is 8.91. The number of carbonyl (C=O) groups is 1. The first-order valence-corrected chi connectivity index (χ1v) is 8.15. The number of para-hydroxylation sites is 1. The number of hydrogen-bond donors (Lipinski definition) is 0. The third-order valence-corrected chi connectivity index (χ3v) is 3.65. The molecule has 0 spiro atoms. The Morgan fingerprint density at radius 3 is 2.58 bits per heavy atom. The molecule has 7 nitrogen and oxygen atoms in total. The molecule has 0 fully saturated rings. The zero-order chi connectivity index (χ0) is 19.3. The molecule has 0 aliphatic heterocycles. The van der Waals surface area contributed by atoms with E-state index in [1.54, 1.807) is 12.1 Å². The SMILES string of the molecule is COc1cc(C(=O)OCc2ccccc2[N+](=O)[O-])cc(Cl)c1OC(C)C. The van der Waals surface area contributed by atoms with Gasteiger partial charge in [-0.1, -0.05) is 23.7 Å². The van der Waals surface area contributed by atoms with Crippen LogP contribution in [0.15, 0.2) is 36.4 Å². The largest absolute Gasteiger partial charge is 0.493 e. The molecule has 0 amide bonds. The van der Waals surface area contributed by atoms with Crippen LogP contribution in [0.4, 0.5) is 5.69 Å². The first-order chi connectivity index (χ1) is 12.3. The molecule has 0 saturated carbocycles. The maximum absolute atomic E-state index is 12.3. The van der Waals surface area contributed by atoms with Crippen molar-refractivity contribution in [3.63, 3.8) is 0 Å². The summed E-state index contributed by atoms with van der Waals surface area (Å²) in [7, 11) is 1.43. The molecule has 0 unspecified atom stereocenters. The summed E-state index contributed by atoms with van der Waals surface area (Å²) in [5, 5.41) is 11.2. The van der Waals surface area contributed by atoms with Crippen molar-refractivity contribution in [2.45, 2.75) is 26.6 Å². The van der Waals surface area contributed by atoms with Crippen molar-refractivity contribution in [2.75, 3.05) is 7.11 Å². The fourth-order valence-electron chi connectivity index (χ4n) is 2.23. The zero-order valence-corrected chi connectivity index (χ0v) is 15.3. The van der Waals surface area contributed by atoms with Crippen LogP contribution in [0.25, 0.3) is 0 Å². The number of ether oxygens (including phenoxy) is 3. The smallest absolute Gasteiger partial charge is 0.338 e. The molecule has 0 aliphatic carbocycles. The molecule has 0 aromatic heterocycles. The zero-order valence-electron chi connectivity index (χ0n) is 14.5. The van der Waals surface area contributed by atoms with E-state index in [1.165, 1.54) is 31.4 Å². The normalized spacial score (nSPS) is 10.5. The Labute approximate surface area is 155 Å². The number of nitro groups is 1. The van der Waals surface area contributed by atoms with Gasteiger partial charge in [0.05, 0.1) is 34.3 Å². The second-order valence-electron chi connectivity index (χ2n) is 5.62. The number of rotatable bonds is 7. The monoisotopic (exact) mass is 379 g/mol. The van der Waals surface area contributed by atoms with Crippen LogP contribution in [-0.2, 0) is 11.3 Å². The van der Waals surface area contributed by atoms with E-state index in [9.17, 15) is 14.9 Å². The predicted octanol–water partition coefficient (Wildman–Crippen LogP) is 4.40. The van der Waals surface area contributed by atoms with Gasteiger partial charge in [0, 0.05) is 6.07 Å². The number of hydrogen-bond acceptors (Lipinski definition) is 6. The first kappa shape index (κ1) is 19.5. The number of nitrogens with zero attached hydrogens (tertiary/aromatic N) is 1. The predicted molar refractivity (Wildman–Crippen MR) is 96.0 cm³/mol. The number of esters is 1. The molecule has 8 heteroatoms. The van der Waals surface area contributed by atoms with Crippen LogP contribution in [0, 0.1) is 10.1 Å². The van der Waals surface area contributed by atoms with Gasteiger partial charge in [0.15, 0.2) is 11.5 Å². The van der Waals surface area contributed by atoms with Crippen molar-refractivity contribution < 1.29 is 23.9 Å². The van der Waals surface area contributed by atoms with Gasteiger partial charge in [0.1, 0.15) is 6.61 Å². The second kappa shape index (κ2) is 8.53. The lowest BCUT2D eigenvalue weighted by Gasteiger charge is -2.16. The van der Waals surface area contributed by atoms with Crippen molar-refractivity contribution in [2.24, 2.45) is 0 Å². The summed E-state index contributed by atoms with van der Waals surface area (Å²) in [4.78, 5) is 22.8. The molecule has 0 aliphatic rings. The second-order valence-corrected chi connectivity index (χ2v) is 6.03. The Balaban J connectivity index is 2.20. The van der Waals surface area contributed by atoms with E-state index < -0.39 is 10.9 Å². The van der Waals surface area contributed by atoms with Crippen LogP contribution in [0.5, 0.6) is 11.5 Å². The summed E-state index contributed by atoms with van der Waals surface area (Å²) < 4.78 is 16.0. The van der Waals surface area contributed by atoms with Gasteiger partial charge in [-0.2, -0.15) is 0 Å². The van der Waals surface area contributed by atoms with Crippen LogP contribution in [0.1, 0.15) is 29.8 Å². The van der Waals surface area contributed by atoms with Gasteiger partial charge in [-0.15, -0.1) is 0 Å². The van der Waals surface area contributed by atoms with E-state index in [-0.39, 0.29) is 29.0 Å². The minimum atomic E-state index is -0.681. The van der Waals surface area contributed by atoms with Crippen molar-refractivity contribution in [1.29, 1.82) is 0 Å². The lowest BCUT2D eigenvalue weighted by atomic mass is 10.2. The van der Waals surface area contributed by atoms with E-state index in [1.807, 2.05) is 13.8 Å². The molecular weight excluding hydrogens is 362 g/mol. The Kier molecular flexibility index (Phi) is 6.41. The van der Waals surface area contributed by atoms with Gasteiger partial charge in [0.2, 0.25) is 0 Å². The minimum absolute atomic E-state index is 0.114. The number of nitro benzene ring substituents is 1. The van der Waals surface area contributed by atoms with Crippen molar-refractivity contribution in [1.82, 2.24) is 0 Å². The van der Waals surface area contributed by atoms with E-state index in [4.69, 9.17) is 25.8 Å². The highest BCUT2D eigenvalue weighted by molar-refractivity contribution is 6.32. The number of benzene rings is 2. The van der Waals surface area contributed by atoms with Gasteiger partial charge in [0.25, 0.3) is 5.69 Å². The lowest BCUT2D eigenvalue weighted by molar-refractivity contribution is -0.385. The highest BCUT2D eigenvalue weighted by Crippen LogP contribution is 2.37. The molecule has 2 aromatic rings. The summed E-state index contributed by atoms with van der Waals surface area (Å²) in [6.45, 7) is 3.44. The lowest BCUT2D eigenvalue weighted by Crippen LogP contribution is -2.10. The molecule has 0 bridgehead atoms. The molecule has 138 valence electrons. The average Bonchev–Trinajstić information content (AvgIpc) is 2.60. The van der Waals surface area contributed by atoms with Crippen molar-refractivity contribution in [3.05, 3.63) is 62.7 Å². The molecular formula is C18H18ClNO6. The molecule has 0 radical (unpaired) electrons. The van der Waals surface area contributed by atoms with E-state index >= 15 is 0 Å². The molecule has 26 heavy (non-hydrogen) atoms. The molecule has 0 N–H and O–H groups in total. The summed E-state index contributed by atoms with van der Waals surface area (Å²) in [6.07, 6.45) is -0.127. The quantitative estimate of drug-likeness (QED) is 0.402. The molecule has 2 aromatic carbocycles. The van der Waals surface area contributed by atoms with Gasteiger partial charge in [-0.25, -0.2) is 4.79 Å². The fraction of sp³-hybridized carbons (Fsp3) is 0.278. The molecule has 0 saturated heterocycles. The Morgan fingerprint density at radius 1 is 1.27 bits per heavy atom. The van der Waals surface area contributed by atoms with Gasteiger partial charge >= 0.3 is 5.97 Å². The van der Waals surface area contributed by atoms with Crippen LogP contribution < -0.4 is 9.47 Å². The Bertz CT molecular complexity index is 821. The van der Waals surface area contributed by atoms with E-state index in [0.717, 1.165) is 0 Å². The molecule has 0 atom stereocenters. The average molecular weight is 380 g/mol. The summed E-state index contributed by atoms with van der Waals surface area (Å²) in [5.74, 6) is -0.0531. The highest BCUT2D eigenvalue weighted by atomic mass is 35.5. The van der Waals surface area contributed by atoms with Gasteiger partial charge < -0.3 is 14.2 Å². The van der Waals surface area contributed by atoms with Crippen LogP contribution in [0.3, 0.4) is 0 Å². The maximum atomic E-state index is 12.3. The maximum Gasteiger partial charge on any atom is 0.338 e. The Morgan fingerprint density at radius 2 is 1.96 bits per heavy atom. The minimum Gasteiger partial charge on any atom is -0.493 e. The standard InChI is InChI=1S/C18H18ClNO6/c1-11(2)26-17-14(19)8-13(9-16(17)24-3)18(21)25-10-12-6-4-5-7-15(12)20(22)23/h4-9,11H,10H2,1-3H3. The van der Waals surface area contributed by atoms with Crippen LogP contribution in [-0.4, -0.2) is 24.1 Å². The Hall–Kier alpha value is -2.80. The van der Waals surface area contributed by atoms with E-state index in [0.29, 0.717) is 17.1 Å². The van der Waals surface area contributed by atoms with Crippen molar-refractivity contribution in [3.8, 4) is 11.5 Å². The summed E-state index contributed by atoms with van der Waals surface area (Å²) >= 11 is 6.18. The highest BCUT2D eigenvalue weighted by Gasteiger charge is 2.19.